The summed E-state index contributed by atoms with van der Waals surface area (Å²) in [6.07, 6.45) is -3.41. The van der Waals surface area contributed by atoms with Crippen LogP contribution in [0.5, 0.6) is 34.5 Å². The first-order valence-corrected chi connectivity index (χ1v) is 9.85. The molecule has 0 aromatic heterocycles. The second-order valence-electron chi connectivity index (χ2n) is 6.27. The van der Waals surface area contributed by atoms with Crippen molar-refractivity contribution in [2.75, 3.05) is 13.8 Å². The molecule has 2 aromatic rings. The molecular formula is C17H18NO11P. The third-order valence-corrected chi connectivity index (χ3v) is 5.09. The lowest BCUT2D eigenvalue weighted by molar-refractivity contribution is 0.0128. The van der Waals surface area contributed by atoms with E-state index in [2.05, 4.69) is 9.84 Å². The minimum Gasteiger partial charge on any atom is -0.508 e. The van der Waals surface area contributed by atoms with Gasteiger partial charge in [-0.3, -0.25) is 19.2 Å². The molecule has 30 heavy (non-hydrogen) atoms. The van der Waals surface area contributed by atoms with Crippen LogP contribution < -0.4 is 10.1 Å². The fourth-order valence-electron chi connectivity index (χ4n) is 2.86. The fraction of sp³-hybridized carbons (Fsp3) is 0.235. The van der Waals surface area contributed by atoms with E-state index in [1.165, 1.54) is 7.05 Å². The van der Waals surface area contributed by atoms with Gasteiger partial charge in [0.15, 0.2) is 29.5 Å². The summed E-state index contributed by atoms with van der Waals surface area (Å²) in [5.74, 6) is -4.72. The number of phosphoric ester groups is 1. The average Bonchev–Trinajstić information content (AvgIpc) is 2.65. The summed E-state index contributed by atoms with van der Waals surface area (Å²) in [5.41, 5.74) is -0.543. The third-order valence-electron chi connectivity index (χ3n) is 4.14. The van der Waals surface area contributed by atoms with E-state index in [0.29, 0.717) is 0 Å². The summed E-state index contributed by atoms with van der Waals surface area (Å²) >= 11 is 0. The van der Waals surface area contributed by atoms with Crippen molar-refractivity contribution in [3.05, 3.63) is 35.4 Å². The SMILES string of the molecule is CNCOP(=O)(O)O[C@H]1C(=O)c2c(O)cc(O)cc2O[C@@H]1c1cc(O)c(O)c(O)c1. The van der Waals surface area contributed by atoms with Gasteiger partial charge in [-0.2, -0.15) is 0 Å². The Hall–Kier alpha value is -3.02. The molecule has 0 fully saturated rings. The maximum absolute atomic E-state index is 13.0. The quantitative estimate of drug-likeness (QED) is 0.192. The second kappa shape index (κ2) is 8.01. The van der Waals surface area contributed by atoms with Gasteiger partial charge in [0.2, 0.25) is 5.78 Å². The van der Waals surface area contributed by atoms with Gasteiger partial charge in [-0.25, -0.2) is 4.57 Å². The lowest BCUT2D eigenvalue weighted by Crippen LogP contribution is -2.38. The zero-order valence-corrected chi connectivity index (χ0v) is 16.2. The van der Waals surface area contributed by atoms with Crippen LogP contribution in [-0.2, 0) is 13.6 Å². The monoisotopic (exact) mass is 443 g/mol. The number of hydrogen-bond donors (Lipinski definition) is 7. The number of phenolic OH excluding ortho intramolecular Hbond substituents is 5. The number of phosphoric acid groups is 1. The van der Waals surface area contributed by atoms with Crippen LogP contribution in [0, 0.1) is 0 Å². The molecule has 0 aliphatic carbocycles. The van der Waals surface area contributed by atoms with Gasteiger partial charge in [0, 0.05) is 17.7 Å². The standard InChI is InChI=1S/C17H18NO11P/c1-18-6-27-30(25,26)29-17-15(24)13-9(20)4-8(19)5-12(13)28-16(17)7-2-10(21)14(23)11(22)3-7/h2-5,16-23H,6H2,1H3,(H,25,26)/t16-,17+/m1/s1. The molecule has 1 aliphatic rings. The van der Waals surface area contributed by atoms with Crippen LogP contribution in [-0.4, -0.2) is 56.1 Å². The minimum absolute atomic E-state index is 0.122. The highest BCUT2D eigenvalue weighted by molar-refractivity contribution is 7.47. The Morgan fingerprint density at radius 3 is 2.30 bits per heavy atom. The van der Waals surface area contributed by atoms with E-state index in [0.717, 1.165) is 24.3 Å². The molecule has 3 rings (SSSR count). The summed E-state index contributed by atoms with van der Waals surface area (Å²) in [5, 5.41) is 51.3. The molecule has 2 aromatic carbocycles. The highest BCUT2D eigenvalue weighted by Gasteiger charge is 2.45. The van der Waals surface area contributed by atoms with Crippen molar-refractivity contribution in [1.29, 1.82) is 0 Å². The number of hydrogen-bond acceptors (Lipinski definition) is 11. The Bertz CT molecular complexity index is 1020. The van der Waals surface area contributed by atoms with Crippen molar-refractivity contribution >= 4 is 13.6 Å². The number of Topliss-reactive ketones (excluding diaryl/α,β-unsaturated/α-hetero) is 1. The number of aromatic hydroxyl groups is 5. The molecule has 13 heteroatoms. The summed E-state index contributed by atoms with van der Waals surface area (Å²) in [7, 11) is -3.38. The molecule has 0 saturated carbocycles. The van der Waals surface area contributed by atoms with E-state index in [4.69, 9.17) is 9.26 Å². The third kappa shape index (κ3) is 4.13. The molecule has 0 radical (unpaired) electrons. The normalized spacial score (nSPS) is 20.3. The maximum Gasteiger partial charge on any atom is 0.474 e. The first kappa shape index (κ1) is 21.7. The lowest BCUT2D eigenvalue weighted by Gasteiger charge is -2.33. The van der Waals surface area contributed by atoms with Crippen molar-refractivity contribution in [3.63, 3.8) is 0 Å². The van der Waals surface area contributed by atoms with Crippen LogP contribution in [0.4, 0.5) is 0 Å². The number of carbonyl (C=O) groups excluding carboxylic acids is 1. The number of nitrogens with one attached hydrogen (secondary N) is 1. The molecule has 0 spiro atoms. The van der Waals surface area contributed by atoms with Gasteiger partial charge < -0.3 is 35.2 Å². The van der Waals surface area contributed by atoms with E-state index >= 15 is 0 Å². The molecule has 1 unspecified atom stereocenters. The Labute approximate surface area is 169 Å². The van der Waals surface area contributed by atoms with Crippen molar-refractivity contribution < 1.29 is 53.6 Å². The summed E-state index contributed by atoms with van der Waals surface area (Å²) in [6, 6.07) is 3.76. The van der Waals surface area contributed by atoms with Gasteiger partial charge in [0.05, 0.1) is 0 Å². The molecule has 3 atom stereocenters. The van der Waals surface area contributed by atoms with Crippen LogP contribution in [0.3, 0.4) is 0 Å². The number of benzene rings is 2. The Morgan fingerprint density at radius 1 is 1.07 bits per heavy atom. The highest BCUT2D eigenvalue weighted by atomic mass is 31.2. The van der Waals surface area contributed by atoms with E-state index in [1.54, 1.807) is 0 Å². The number of fused-ring (bicyclic) bond motifs is 1. The predicted molar refractivity (Wildman–Crippen MR) is 98.6 cm³/mol. The molecular weight excluding hydrogens is 425 g/mol. The van der Waals surface area contributed by atoms with E-state index < -0.39 is 66.9 Å². The fourth-order valence-corrected chi connectivity index (χ4v) is 3.71. The first-order valence-electron chi connectivity index (χ1n) is 8.36. The Balaban J connectivity index is 2.11. The minimum atomic E-state index is -4.81. The second-order valence-corrected chi connectivity index (χ2v) is 7.68. The van der Waals surface area contributed by atoms with Crippen LogP contribution in [0.2, 0.25) is 0 Å². The molecule has 0 bridgehead atoms. The van der Waals surface area contributed by atoms with Gasteiger partial charge in [-0.1, -0.05) is 0 Å². The zero-order chi connectivity index (χ0) is 22.2. The summed E-state index contributed by atoms with van der Waals surface area (Å²) in [6.45, 7) is -0.392. The summed E-state index contributed by atoms with van der Waals surface area (Å²) in [4.78, 5) is 22.9. The van der Waals surface area contributed by atoms with Crippen molar-refractivity contribution in [2.45, 2.75) is 12.2 Å². The van der Waals surface area contributed by atoms with E-state index in [1.807, 2.05) is 0 Å². The zero-order valence-electron chi connectivity index (χ0n) is 15.3. The van der Waals surface area contributed by atoms with Crippen molar-refractivity contribution in [2.24, 2.45) is 0 Å². The molecule has 0 saturated heterocycles. The van der Waals surface area contributed by atoms with Crippen LogP contribution in [0.15, 0.2) is 24.3 Å². The summed E-state index contributed by atoms with van der Waals surface area (Å²) < 4.78 is 27.4. The van der Waals surface area contributed by atoms with Crippen molar-refractivity contribution in [1.82, 2.24) is 5.32 Å². The van der Waals surface area contributed by atoms with E-state index in [-0.39, 0.29) is 11.3 Å². The maximum atomic E-state index is 13.0. The molecule has 162 valence electrons. The van der Waals surface area contributed by atoms with Gasteiger partial charge in [0.1, 0.15) is 29.5 Å². The Morgan fingerprint density at radius 2 is 1.70 bits per heavy atom. The van der Waals surface area contributed by atoms with Crippen molar-refractivity contribution in [3.8, 4) is 34.5 Å². The molecule has 0 amide bonds. The Kier molecular flexibility index (Phi) is 5.79. The van der Waals surface area contributed by atoms with Gasteiger partial charge in [0.25, 0.3) is 0 Å². The first-order chi connectivity index (χ1) is 14.0. The number of ether oxygens (including phenoxy) is 1. The number of ketones is 1. The number of phenols is 5. The molecule has 7 N–H and O–H groups in total. The van der Waals surface area contributed by atoms with Crippen LogP contribution in [0.1, 0.15) is 22.0 Å². The largest absolute Gasteiger partial charge is 0.508 e. The van der Waals surface area contributed by atoms with Crippen LogP contribution >= 0.6 is 7.82 Å². The predicted octanol–water partition coefficient (Wildman–Crippen LogP) is 1.21. The lowest BCUT2D eigenvalue weighted by atomic mass is 9.92. The number of carbonyl (C=O) groups is 1. The van der Waals surface area contributed by atoms with Crippen LogP contribution in [0.25, 0.3) is 0 Å². The molecule has 1 aliphatic heterocycles. The molecule has 1 heterocycles. The number of rotatable bonds is 6. The highest BCUT2D eigenvalue weighted by Crippen LogP contribution is 2.51. The molecule has 12 nitrogen and oxygen atoms in total. The average molecular weight is 443 g/mol. The van der Waals surface area contributed by atoms with E-state index in [9.17, 15) is 39.8 Å². The van der Waals surface area contributed by atoms with Gasteiger partial charge >= 0.3 is 7.82 Å². The smallest absolute Gasteiger partial charge is 0.474 e. The van der Waals surface area contributed by atoms with Gasteiger partial charge in [-0.05, 0) is 19.2 Å². The topological polar surface area (TPSA) is 195 Å². The van der Waals surface area contributed by atoms with Gasteiger partial charge in [-0.15, -0.1) is 0 Å².